The first-order valence-corrected chi connectivity index (χ1v) is 13.5. The molecule has 0 saturated heterocycles. The summed E-state index contributed by atoms with van der Waals surface area (Å²) in [6.45, 7) is 2.53. The third-order valence-corrected chi connectivity index (χ3v) is 7.68. The number of amides is 1. The molecule has 8 heteroatoms. The molecule has 2 heterocycles. The van der Waals surface area contributed by atoms with Gasteiger partial charge >= 0.3 is 0 Å². The molecule has 7 nitrogen and oxygen atoms in total. The molecule has 1 aliphatic heterocycles. The molecule has 0 radical (unpaired) electrons. The second-order valence-corrected chi connectivity index (χ2v) is 10.1. The van der Waals surface area contributed by atoms with Gasteiger partial charge in [-0.2, -0.15) is 5.10 Å². The molecule has 204 valence electrons. The van der Waals surface area contributed by atoms with Gasteiger partial charge in [0.15, 0.2) is 5.69 Å². The lowest BCUT2D eigenvalue weighted by molar-refractivity contribution is 0.0942. The number of halogens is 1. The summed E-state index contributed by atoms with van der Waals surface area (Å²) in [5, 5.41) is 21.1. The van der Waals surface area contributed by atoms with Gasteiger partial charge in [0.2, 0.25) is 0 Å². The highest BCUT2D eigenvalue weighted by Gasteiger charge is 2.28. The van der Waals surface area contributed by atoms with Gasteiger partial charge in [-0.1, -0.05) is 54.6 Å². The summed E-state index contributed by atoms with van der Waals surface area (Å²) in [4.78, 5) is 15.8. The third-order valence-electron chi connectivity index (χ3n) is 7.68. The zero-order valence-electron chi connectivity index (χ0n) is 22.4. The van der Waals surface area contributed by atoms with Crippen LogP contribution in [0.3, 0.4) is 0 Å². The summed E-state index contributed by atoms with van der Waals surface area (Å²) in [5.41, 5.74) is 4.10. The number of hydrogen-bond acceptors (Lipinski definition) is 5. The first-order chi connectivity index (χ1) is 19.6. The van der Waals surface area contributed by atoms with Crippen LogP contribution in [0.2, 0.25) is 0 Å². The van der Waals surface area contributed by atoms with Crippen molar-refractivity contribution in [2.75, 3.05) is 20.3 Å². The topological polar surface area (TPSA) is 79.6 Å². The van der Waals surface area contributed by atoms with E-state index in [4.69, 9.17) is 4.74 Å². The monoisotopic (exact) mass is 538 g/mol. The number of aromatic nitrogens is 2. The lowest BCUT2D eigenvalue weighted by atomic mass is 10.0. The van der Waals surface area contributed by atoms with Crippen molar-refractivity contribution in [2.45, 2.75) is 32.6 Å². The summed E-state index contributed by atoms with van der Waals surface area (Å²) in [6.07, 6.45) is 0.720. The number of hydrogen-bond donors (Lipinski definition) is 2. The highest BCUT2D eigenvalue weighted by atomic mass is 19.1. The Morgan fingerprint density at radius 3 is 2.60 bits per heavy atom. The van der Waals surface area contributed by atoms with Gasteiger partial charge in [0.25, 0.3) is 5.91 Å². The minimum absolute atomic E-state index is 0.0635. The predicted octanol–water partition coefficient (Wildman–Crippen LogP) is 4.82. The number of nitrogens with zero attached hydrogens (tertiary/aromatic N) is 3. The molecule has 0 fully saturated rings. The molecule has 40 heavy (non-hydrogen) atoms. The highest BCUT2D eigenvalue weighted by Crippen LogP contribution is 2.31. The molecule has 0 aliphatic carbocycles. The fraction of sp³-hybridized carbons (Fsp3) is 0.250. The van der Waals surface area contributed by atoms with E-state index >= 15 is 0 Å². The van der Waals surface area contributed by atoms with Crippen LogP contribution in [0, 0.1) is 5.82 Å². The first-order valence-electron chi connectivity index (χ1n) is 13.5. The summed E-state index contributed by atoms with van der Waals surface area (Å²) in [6, 6.07) is 22.8. The number of carbonyl (C=O) groups excluding carboxylic acids is 1. The Morgan fingerprint density at radius 1 is 1.02 bits per heavy atom. The number of benzene rings is 4. The Balaban J connectivity index is 1.26. The molecular weight excluding hydrogens is 507 g/mol. The Morgan fingerprint density at radius 2 is 1.80 bits per heavy atom. The molecule has 1 aromatic heterocycles. The van der Waals surface area contributed by atoms with Crippen molar-refractivity contribution in [3.8, 4) is 5.75 Å². The maximum atomic E-state index is 14.3. The second kappa shape index (κ2) is 11.1. The van der Waals surface area contributed by atoms with Gasteiger partial charge in [-0.25, -0.2) is 4.39 Å². The lowest BCUT2D eigenvalue weighted by Gasteiger charge is -2.28. The molecule has 5 aromatic rings. The number of rotatable bonds is 8. The van der Waals surface area contributed by atoms with E-state index in [-0.39, 0.29) is 24.9 Å². The average molecular weight is 539 g/mol. The maximum Gasteiger partial charge on any atom is 0.272 e. The van der Waals surface area contributed by atoms with Gasteiger partial charge in [0, 0.05) is 49.2 Å². The van der Waals surface area contributed by atoms with Crippen molar-refractivity contribution in [3.05, 3.63) is 107 Å². The van der Waals surface area contributed by atoms with Crippen LogP contribution in [-0.2, 0) is 32.6 Å². The van der Waals surface area contributed by atoms with Crippen molar-refractivity contribution in [3.63, 3.8) is 0 Å². The minimum atomic E-state index is -0.339. The van der Waals surface area contributed by atoms with Crippen molar-refractivity contribution in [1.29, 1.82) is 0 Å². The van der Waals surface area contributed by atoms with E-state index in [1.807, 2.05) is 42.5 Å². The molecule has 1 aliphatic rings. The third kappa shape index (κ3) is 4.92. The Labute approximate surface area is 231 Å². The summed E-state index contributed by atoms with van der Waals surface area (Å²) < 4.78 is 21.6. The zero-order valence-corrected chi connectivity index (χ0v) is 22.4. The van der Waals surface area contributed by atoms with E-state index < -0.39 is 0 Å². The summed E-state index contributed by atoms with van der Waals surface area (Å²) in [7, 11) is 1.68. The van der Waals surface area contributed by atoms with Crippen LogP contribution in [0.25, 0.3) is 21.5 Å². The minimum Gasteiger partial charge on any atom is -0.496 e. The number of methoxy groups -OCH3 is 1. The van der Waals surface area contributed by atoms with E-state index in [2.05, 4.69) is 33.5 Å². The molecule has 6 rings (SSSR count). The number of aliphatic hydroxyl groups is 1. The number of nitrogens with one attached hydrogen (secondary N) is 1. The molecule has 0 saturated carbocycles. The SMILES string of the molecule is COc1ccc(CN2CCc3c(c(C(=O)NCc4cc(F)cc5ccccc45)nn3CCO)C2)c2ccccc12. The van der Waals surface area contributed by atoms with Gasteiger partial charge in [0.1, 0.15) is 11.6 Å². The molecule has 0 unspecified atom stereocenters. The molecule has 2 N–H and O–H groups in total. The van der Waals surface area contributed by atoms with E-state index in [0.717, 1.165) is 51.5 Å². The van der Waals surface area contributed by atoms with Gasteiger partial charge in [-0.15, -0.1) is 0 Å². The summed E-state index contributed by atoms with van der Waals surface area (Å²) in [5.74, 6) is 0.197. The van der Waals surface area contributed by atoms with Gasteiger partial charge < -0.3 is 15.2 Å². The first kappa shape index (κ1) is 26.0. The summed E-state index contributed by atoms with van der Waals surface area (Å²) >= 11 is 0. The molecule has 0 bridgehead atoms. The molecule has 4 aromatic carbocycles. The normalized spacial score (nSPS) is 13.5. The molecule has 0 spiro atoms. The Hall–Kier alpha value is -4.27. The zero-order chi connectivity index (χ0) is 27.6. The van der Waals surface area contributed by atoms with Crippen LogP contribution in [0.4, 0.5) is 4.39 Å². The molecule has 1 amide bonds. The smallest absolute Gasteiger partial charge is 0.272 e. The van der Waals surface area contributed by atoms with Crippen LogP contribution >= 0.6 is 0 Å². The lowest BCUT2D eigenvalue weighted by Crippen LogP contribution is -2.32. The number of ether oxygens (including phenoxy) is 1. The van der Waals surface area contributed by atoms with Gasteiger partial charge in [-0.3, -0.25) is 14.4 Å². The fourth-order valence-electron chi connectivity index (χ4n) is 5.79. The van der Waals surface area contributed by atoms with E-state index in [1.165, 1.54) is 17.7 Å². The van der Waals surface area contributed by atoms with Crippen LogP contribution in [0.5, 0.6) is 5.75 Å². The van der Waals surface area contributed by atoms with Crippen molar-refractivity contribution < 1.29 is 19.0 Å². The quantitative estimate of drug-likeness (QED) is 0.296. The standard InChI is InChI=1S/C32H31FN4O3/c1-40-30-11-10-22(26-8-4-5-9-27(26)30)19-36-13-12-29-28(20-36)31(35-37(29)14-15-38)32(39)34-18-23-17-24(33)16-21-6-2-3-7-25(21)23/h2-11,16-17,38H,12-15,18-20H2,1H3,(H,34,39). The van der Waals surface area contributed by atoms with E-state index in [9.17, 15) is 14.3 Å². The van der Waals surface area contributed by atoms with Crippen LogP contribution in [-0.4, -0.2) is 46.0 Å². The number of fused-ring (bicyclic) bond motifs is 3. The maximum absolute atomic E-state index is 14.3. The van der Waals surface area contributed by atoms with Crippen LogP contribution < -0.4 is 10.1 Å². The van der Waals surface area contributed by atoms with Crippen LogP contribution in [0.15, 0.2) is 72.8 Å². The largest absolute Gasteiger partial charge is 0.496 e. The highest BCUT2D eigenvalue weighted by molar-refractivity contribution is 5.95. The fourth-order valence-corrected chi connectivity index (χ4v) is 5.79. The van der Waals surface area contributed by atoms with Crippen molar-refractivity contribution >= 4 is 27.5 Å². The molecule has 0 atom stereocenters. The second-order valence-electron chi connectivity index (χ2n) is 10.1. The van der Waals surface area contributed by atoms with Crippen molar-refractivity contribution in [2.24, 2.45) is 0 Å². The number of carbonyl (C=O) groups is 1. The van der Waals surface area contributed by atoms with Gasteiger partial charge in [-0.05, 0) is 45.5 Å². The predicted molar refractivity (Wildman–Crippen MR) is 153 cm³/mol. The molecular formula is C32H31FN4O3. The Kier molecular flexibility index (Phi) is 7.19. The van der Waals surface area contributed by atoms with Gasteiger partial charge in [0.05, 0.1) is 20.3 Å². The average Bonchev–Trinajstić information content (AvgIpc) is 3.33. The van der Waals surface area contributed by atoms with Crippen LogP contribution in [0.1, 0.15) is 32.9 Å². The number of aliphatic hydroxyl groups excluding tert-OH is 1. The Bertz CT molecular complexity index is 1710. The van der Waals surface area contributed by atoms with E-state index in [1.54, 1.807) is 11.8 Å². The van der Waals surface area contributed by atoms with E-state index in [0.29, 0.717) is 30.9 Å². The van der Waals surface area contributed by atoms with Crippen molar-refractivity contribution in [1.82, 2.24) is 20.0 Å².